The average molecular weight is 374 g/mol. The van der Waals surface area contributed by atoms with Crippen molar-refractivity contribution in [1.29, 1.82) is 0 Å². The topological polar surface area (TPSA) is 84.7 Å². The van der Waals surface area contributed by atoms with Gasteiger partial charge in [0.1, 0.15) is 11.8 Å². The van der Waals surface area contributed by atoms with Gasteiger partial charge in [0.25, 0.3) is 0 Å². The number of amides is 2. The monoisotopic (exact) mass is 373 g/mol. The molecule has 0 spiro atoms. The van der Waals surface area contributed by atoms with Crippen molar-refractivity contribution < 1.29 is 14.3 Å². The van der Waals surface area contributed by atoms with Gasteiger partial charge in [-0.15, -0.1) is 12.4 Å². The molecule has 2 amide bonds. The largest absolute Gasteiger partial charge is 0.495 e. The number of ether oxygens (including phenoxy) is 1. The highest BCUT2D eigenvalue weighted by molar-refractivity contribution is 7.98. The maximum Gasteiger partial charge on any atom is 0.249 e. The van der Waals surface area contributed by atoms with Gasteiger partial charge in [0.15, 0.2) is 0 Å². The number of carbonyl (C=O) groups excluding carboxylic acids is 2. The second-order valence-corrected chi connectivity index (χ2v) is 6.39. The lowest BCUT2D eigenvalue weighted by atomic mass is 10.2. The minimum atomic E-state index is -0.574. The van der Waals surface area contributed by atoms with Gasteiger partial charge >= 0.3 is 0 Å². The number of nitrogens with one attached hydrogen (secondary N) is 1. The standard InChI is InChI=1S/C16H23N3O3S.ClH/c1-22-14-6-4-3-5-13(14)19-9-7-12(16(19)21)18-15(20)11(17)8-10-23-2;/h3-6,11-12H,7-10,17H2,1-2H3,(H,18,20);1H/t11-,12?;/m0./s1. The van der Waals surface area contributed by atoms with E-state index < -0.39 is 12.1 Å². The summed E-state index contributed by atoms with van der Waals surface area (Å²) in [5, 5.41) is 2.77. The van der Waals surface area contributed by atoms with Gasteiger partial charge in [-0.25, -0.2) is 0 Å². The summed E-state index contributed by atoms with van der Waals surface area (Å²) in [5.41, 5.74) is 6.57. The molecule has 24 heavy (non-hydrogen) atoms. The number of carbonyl (C=O) groups is 2. The molecule has 1 unspecified atom stereocenters. The highest BCUT2D eigenvalue weighted by atomic mass is 35.5. The summed E-state index contributed by atoms with van der Waals surface area (Å²) in [6.07, 6.45) is 3.14. The Labute approximate surface area is 152 Å². The Kier molecular flexibility index (Phi) is 8.38. The van der Waals surface area contributed by atoms with E-state index in [0.717, 1.165) is 11.4 Å². The minimum Gasteiger partial charge on any atom is -0.495 e. The molecule has 1 aliphatic heterocycles. The van der Waals surface area contributed by atoms with Gasteiger partial charge in [0.2, 0.25) is 11.8 Å². The number of rotatable bonds is 7. The molecule has 0 radical (unpaired) electrons. The van der Waals surface area contributed by atoms with Gasteiger partial charge in [-0.3, -0.25) is 9.59 Å². The molecule has 0 aromatic heterocycles. The Morgan fingerprint density at radius 2 is 2.21 bits per heavy atom. The van der Waals surface area contributed by atoms with Gasteiger partial charge < -0.3 is 20.7 Å². The number of halogens is 1. The van der Waals surface area contributed by atoms with E-state index >= 15 is 0 Å². The molecule has 8 heteroatoms. The first-order chi connectivity index (χ1) is 11.1. The van der Waals surface area contributed by atoms with E-state index in [1.807, 2.05) is 30.5 Å². The molecule has 3 N–H and O–H groups in total. The van der Waals surface area contributed by atoms with Gasteiger partial charge in [0.05, 0.1) is 18.8 Å². The molecule has 134 valence electrons. The summed E-state index contributed by atoms with van der Waals surface area (Å²) in [4.78, 5) is 26.3. The van der Waals surface area contributed by atoms with Gasteiger partial charge in [-0.05, 0) is 37.0 Å². The average Bonchev–Trinajstić information content (AvgIpc) is 2.93. The number of hydrogen-bond acceptors (Lipinski definition) is 5. The van der Waals surface area contributed by atoms with E-state index in [-0.39, 0.29) is 24.2 Å². The summed E-state index contributed by atoms with van der Waals surface area (Å²) < 4.78 is 5.30. The maximum absolute atomic E-state index is 12.6. The van der Waals surface area contributed by atoms with Crippen LogP contribution in [-0.2, 0) is 9.59 Å². The fourth-order valence-corrected chi connectivity index (χ4v) is 3.05. The van der Waals surface area contributed by atoms with Crippen LogP contribution in [0.4, 0.5) is 5.69 Å². The Hall–Kier alpha value is -1.44. The van der Waals surface area contributed by atoms with Crippen LogP contribution in [0, 0.1) is 0 Å². The van der Waals surface area contributed by atoms with Crippen LogP contribution in [0.3, 0.4) is 0 Å². The molecule has 1 saturated heterocycles. The fourth-order valence-electron chi connectivity index (χ4n) is 2.56. The zero-order valence-corrected chi connectivity index (χ0v) is 15.5. The second kappa shape index (κ2) is 9.76. The Bertz CT molecular complexity index is 573. The minimum absolute atomic E-state index is 0. The molecule has 0 saturated carbocycles. The van der Waals surface area contributed by atoms with E-state index in [0.29, 0.717) is 25.1 Å². The van der Waals surface area contributed by atoms with Crippen molar-refractivity contribution in [2.45, 2.75) is 24.9 Å². The third kappa shape index (κ3) is 4.78. The summed E-state index contributed by atoms with van der Waals surface area (Å²) in [6.45, 7) is 0.546. The number of benzene rings is 1. The normalized spacial score (nSPS) is 18.0. The molecule has 1 aromatic rings. The van der Waals surface area contributed by atoms with Crippen molar-refractivity contribution in [2.24, 2.45) is 5.73 Å². The number of nitrogens with two attached hydrogens (primary N) is 1. The first-order valence-corrected chi connectivity index (χ1v) is 8.97. The number of hydrogen-bond donors (Lipinski definition) is 2. The molecule has 0 aliphatic carbocycles. The quantitative estimate of drug-likeness (QED) is 0.755. The molecular formula is C16H24ClN3O3S. The number of methoxy groups -OCH3 is 1. The number of anilines is 1. The first-order valence-electron chi connectivity index (χ1n) is 7.57. The molecule has 0 bridgehead atoms. The lowest BCUT2D eigenvalue weighted by Crippen LogP contribution is -2.48. The predicted octanol–water partition coefficient (Wildman–Crippen LogP) is 1.42. The molecule has 1 aliphatic rings. The smallest absolute Gasteiger partial charge is 0.249 e. The van der Waals surface area contributed by atoms with E-state index in [9.17, 15) is 9.59 Å². The zero-order valence-electron chi connectivity index (χ0n) is 13.9. The van der Waals surface area contributed by atoms with Crippen molar-refractivity contribution in [1.82, 2.24) is 5.32 Å². The highest BCUT2D eigenvalue weighted by Gasteiger charge is 2.35. The third-order valence-corrected chi connectivity index (χ3v) is 4.51. The van der Waals surface area contributed by atoms with E-state index in [1.54, 1.807) is 23.8 Å². The van der Waals surface area contributed by atoms with Crippen LogP contribution >= 0.6 is 24.2 Å². The van der Waals surface area contributed by atoms with E-state index in [1.165, 1.54) is 0 Å². The van der Waals surface area contributed by atoms with Crippen molar-refractivity contribution in [3.05, 3.63) is 24.3 Å². The lowest BCUT2D eigenvalue weighted by molar-refractivity contribution is -0.127. The zero-order chi connectivity index (χ0) is 16.8. The Balaban J connectivity index is 0.00000288. The molecule has 2 rings (SSSR count). The van der Waals surface area contributed by atoms with Crippen molar-refractivity contribution in [3.63, 3.8) is 0 Å². The summed E-state index contributed by atoms with van der Waals surface area (Å²) >= 11 is 1.64. The Morgan fingerprint density at radius 3 is 2.88 bits per heavy atom. The number of thioether (sulfide) groups is 1. The van der Waals surface area contributed by atoms with Crippen LogP contribution in [0.2, 0.25) is 0 Å². The van der Waals surface area contributed by atoms with Gasteiger partial charge in [0, 0.05) is 6.54 Å². The van der Waals surface area contributed by atoms with E-state index in [2.05, 4.69) is 5.32 Å². The van der Waals surface area contributed by atoms with Crippen LogP contribution in [0.1, 0.15) is 12.8 Å². The number of nitrogens with zero attached hydrogens (tertiary/aromatic N) is 1. The van der Waals surface area contributed by atoms with Crippen molar-refractivity contribution in [2.75, 3.05) is 30.6 Å². The third-order valence-electron chi connectivity index (χ3n) is 3.87. The molecule has 1 heterocycles. The molecule has 6 nitrogen and oxygen atoms in total. The molecule has 1 fully saturated rings. The van der Waals surface area contributed by atoms with Crippen LogP contribution in [0.5, 0.6) is 5.75 Å². The van der Waals surface area contributed by atoms with Crippen molar-refractivity contribution in [3.8, 4) is 5.75 Å². The van der Waals surface area contributed by atoms with Gasteiger partial charge in [-0.2, -0.15) is 11.8 Å². The van der Waals surface area contributed by atoms with Crippen LogP contribution < -0.4 is 20.7 Å². The predicted molar refractivity (Wildman–Crippen MR) is 100 cm³/mol. The SMILES string of the molecule is COc1ccccc1N1CCC(NC(=O)[C@@H](N)CCSC)C1=O.Cl. The fraction of sp³-hybridized carbons (Fsp3) is 0.500. The Morgan fingerprint density at radius 1 is 1.50 bits per heavy atom. The van der Waals surface area contributed by atoms with Crippen molar-refractivity contribution >= 4 is 41.7 Å². The van der Waals surface area contributed by atoms with Crippen LogP contribution in [0.25, 0.3) is 0 Å². The molecule has 2 atom stereocenters. The van der Waals surface area contributed by atoms with Gasteiger partial charge in [-0.1, -0.05) is 12.1 Å². The second-order valence-electron chi connectivity index (χ2n) is 5.40. The summed E-state index contributed by atoms with van der Waals surface area (Å²) in [7, 11) is 1.57. The highest BCUT2D eigenvalue weighted by Crippen LogP contribution is 2.30. The van der Waals surface area contributed by atoms with Crippen LogP contribution in [0.15, 0.2) is 24.3 Å². The maximum atomic E-state index is 12.6. The molecular weight excluding hydrogens is 350 g/mol. The summed E-state index contributed by atoms with van der Waals surface area (Å²) in [6, 6.07) is 6.27. The number of para-hydroxylation sites is 2. The molecule has 1 aromatic carbocycles. The van der Waals surface area contributed by atoms with E-state index in [4.69, 9.17) is 10.5 Å². The first kappa shape index (κ1) is 20.6. The van der Waals surface area contributed by atoms with Crippen LogP contribution in [-0.4, -0.2) is 49.6 Å². The summed E-state index contributed by atoms with van der Waals surface area (Å²) in [5.74, 6) is 1.07. The lowest BCUT2D eigenvalue weighted by Gasteiger charge is -2.20.